The summed E-state index contributed by atoms with van der Waals surface area (Å²) in [4.78, 5) is 35.1. The van der Waals surface area contributed by atoms with Gasteiger partial charge in [-0.2, -0.15) is 0 Å². The van der Waals surface area contributed by atoms with E-state index in [4.69, 9.17) is 9.47 Å². The number of carbonyl (C=O) groups is 3. The van der Waals surface area contributed by atoms with Crippen molar-refractivity contribution in [2.45, 2.75) is 98.0 Å². The van der Waals surface area contributed by atoms with E-state index in [-0.39, 0.29) is 36.2 Å². The molecule has 0 fully saturated rings. The molecule has 0 bridgehead atoms. The highest BCUT2D eigenvalue weighted by molar-refractivity contribution is 5.78. The molecule has 0 aromatic heterocycles. The highest BCUT2D eigenvalue weighted by Gasteiger charge is 2.17. The highest BCUT2D eigenvalue weighted by Crippen LogP contribution is 2.21. The van der Waals surface area contributed by atoms with Crippen LogP contribution >= 0.6 is 0 Å². The number of unbranched alkanes of at least 4 members (excludes halogenated alkanes) is 2. The van der Waals surface area contributed by atoms with Crippen molar-refractivity contribution in [1.82, 2.24) is 0 Å². The van der Waals surface area contributed by atoms with Crippen LogP contribution in [0, 0.1) is 5.92 Å². The first-order valence-electron chi connectivity index (χ1n) is 11.8. The molecular formula is C26H40O5. The van der Waals surface area contributed by atoms with Gasteiger partial charge in [-0.3, -0.25) is 14.4 Å². The minimum atomic E-state index is -0.226. The first-order chi connectivity index (χ1) is 14.8. The molecule has 31 heavy (non-hydrogen) atoms. The lowest BCUT2D eigenvalue weighted by Crippen LogP contribution is -2.18. The van der Waals surface area contributed by atoms with E-state index in [2.05, 4.69) is 6.92 Å². The molecule has 0 spiro atoms. The summed E-state index contributed by atoms with van der Waals surface area (Å²) in [6, 6.07) is 7.95. The van der Waals surface area contributed by atoms with Crippen LogP contribution in [0.2, 0.25) is 0 Å². The van der Waals surface area contributed by atoms with Gasteiger partial charge in [0.1, 0.15) is 11.9 Å². The zero-order valence-electron chi connectivity index (χ0n) is 19.8. The van der Waals surface area contributed by atoms with Gasteiger partial charge in [0.15, 0.2) is 0 Å². The second kappa shape index (κ2) is 15.6. The predicted octanol–water partition coefficient (Wildman–Crippen LogP) is 5.61. The topological polar surface area (TPSA) is 69.7 Å². The molecule has 0 saturated heterocycles. The maximum absolute atomic E-state index is 12.1. The number of ether oxygens (including phenoxy) is 2. The Kier molecular flexibility index (Phi) is 13.5. The third-order valence-electron chi connectivity index (χ3n) is 5.57. The van der Waals surface area contributed by atoms with Gasteiger partial charge in [-0.25, -0.2) is 0 Å². The molecule has 2 atom stereocenters. The molecule has 0 N–H and O–H groups in total. The highest BCUT2D eigenvalue weighted by atomic mass is 16.5. The molecule has 2 unspecified atom stereocenters. The van der Waals surface area contributed by atoms with Crippen molar-refractivity contribution in [3.8, 4) is 0 Å². The van der Waals surface area contributed by atoms with Crippen molar-refractivity contribution < 1.29 is 23.9 Å². The summed E-state index contributed by atoms with van der Waals surface area (Å²) >= 11 is 0. The summed E-state index contributed by atoms with van der Waals surface area (Å²) in [6.45, 7) is 7.48. The average molecular weight is 433 g/mol. The second-order valence-corrected chi connectivity index (χ2v) is 8.30. The number of aryl methyl sites for hydroxylation is 1. The van der Waals surface area contributed by atoms with Gasteiger partial charge in [-0.15, -0.1) is 0 Å². The summed E-state index contributed by atoms with van der Waals surface area (Å²) in [5.41, 5.74) is 2.10. The minimum absolute atomic E-state index is 0.0211. The number of ketones is 1. The van der Waals surface area contributed by atoms with E-state index in [1.807, 2.05) is 24.3 Å². The van der Waals surface area contributed by atoms with Gasteiger partial charge in [0.25, 0.3) is 0 Å². The largest absolute Gasteiger partial charge is 0.466 e. The molecule has 1 aromatic rings. The van der Waals surface area contributed by atoms with Crippen molar-refractivity contribution in [3.63, 3.8) is 0 Å². The van der Waals surface area contributed by atoms with E-state index in [0.717, 1.165) is 68.9 Å². The van der Waals surface area contributed by atoms with Crippen LogP contribution in [-0.2, 0) is 36.7 Å². The van der Waals surface area contributed by atoms with Crippen molar-refractivity contribution in [3.05, 3.63) is 35.4 Å². The lowest BCUT2D eigenvalue weighted by molar-refractivity contribution is -0.147. The first kappa shape index (κ1) is 26.9. The molecular weight excluding hydrogens is 392 g/mol. The molecule has 0 radical (unpaired) electrons. The van der Waals surface area contributed by atoms with Crippen molar-refractivity contribution in [2.75, 3.05) is 6.61 Å². The van der Waals surface area contributed by atoms with E-state index < -0.39 is 0 Å². The van der Waals surface area contributed by atoms with Gasteiger partial charge >= 0.3 is 11.9 Å². The fraction of sp³-hybridized carbons (Fsp3) is 0.654. The molecule has 0 aliphatic rings. The number of carbonyl (C=O) groups excluding carboxylic acids is 3. The lowest BCUT2D eigenvalue weighted by atomic mass is 9.90. The molecule has 1 aromatic carbocycles. The Morgan fingerprint density at radius 3 is 2.06 bits per heavy atom. The maximum atomic E-state index is 12.1. The quantitative estimate of drug-likeness (QED) is 0.251. The zero-order chi connectivity index (χ0) is 23.1. The fourth-order valence-corrected chi connectivity index (χ4v) is 3.81. The summed E-state index contributed by atoms with van der Waals surface area (Å²) in [7, 11) is 0. The number of Topliss-reactive ketones (excluding diaryl/α,β-unsaturated/α-hetero) is 1. The number of benzene rings is 1. The smallest absolute Gasteiger partial charge is 0.310 e. The van der Waals surface area contributed by atoms with Gasteiger partial charge in [-0.1, -0.05) is 44.0 Å². The Labute approximate surface area is 187 Å². The molecule has 5 heteroatoms. The van der Waals surface area contributed by atoms with Gasteiger partial charge < -0.3 is 9.47 Å². The standard InChI is InChI=1S/C26H40O5/c1-5-7-8-11-25(31-21(4)28)12-9-10-24(20(3)27)18-17-22-13-15-23(16-14-22)19-26(29)30-6-2/h13-16,24-25H,5-12,17-19H2,1-4H3. The van der Waals surface area contributed by atoms with Crippen molar-refractivity contribution >= 4 is 17.7 Å². The molecule has 0 amide bonds. The fourth-order valence-electron chi connectivity index (χ4n) is 3.81. The Bertz CT molecular complexity index is 665. The Hall–Kier alpha value is -2.17. The van der Waals surface area contributed by atoms with E-state index in [9.17, 15) is 14.4 Å². The molecule has 0 heterocycles. The Balaban J connectivity index is 2.48. The van der Waals surface area contributed by atoms with Crippen LogP contribution in [0.1, 0.15) is 90.2 Å². The Morgan fingerprint density at radius 1 is 0.839 bits per heavy atom. The van der Waals surface area contributed by atoms with Gasteiger partial charge in [0, 0.05) is 12.8 Å². The number of rotatable bonds is 16. The van der Waals surface area contributed by atoms with Crippen LogP contribution in [0.15, 0.2) is 24.3 Å². The summed E-state index contributed by atoms with van der Waals surface area (Å²) < 4.78 is 10.4. The number of hydrogen-bond acceptors (Lipinski definition) is 5. The molecule has 5 nitrogen and oxygen atoms in total. The van der Waals surface area contributed by atoms with E-state index in [1.165, 1.54) is 6.92 Å². The molecule has 0 aliphatic carbocycles. The molecule has 0 saturated carbocycles. The van der Waals surface area contributed by atoms with E-state index in [0.29, 0.717) is 6.61 Å². The first-order valence-corrected chi connectivity index (χ1v) is 11.8. The van der Waals surface area contributed by atoms with Gasteiger partial charge in [-0.05, 0) is 69.9 Å². The molecule has 174 valence electrons. The number of hydrogen-bond donors (Lipinski definition) is 0. The number of esters is 2. The monoisotopic (exact) mass is 432 g/mol. The lowest BCUT2D eigenvalue weighted by Gasteiger charge is -2.19. The maximum Gasteiger partial charge on any atom is 0.310 e. The van der Waals surface area contributed by atoms with Gasteiger partial charge in [0.05, 0.1) is 13.0 Å². The second-order valence-electron chi connectivity index (χ2n) is 8.30. The summed E-state index contributed by atoms with van der Waals surface area (Å²) in [5, 5.41) is 0. The summed E-state index contributed by atoms with van der Waals surface area (Å²) in [5.74, 6) is -0.202. The van der Waals surface area contributed by atoms with E-state index in [1.54, 1.807) is 13.8 Å². The van der Waals surface area contributed by atoms with Crippen LogP contribution in [0.25, 0.3) is 0 Å². The zero-order valence-corrected chi connectivity index (χ0v) is 19.8. The van der Waals surface area contributed by atoms with Crippen LogP contribution in [0.3, 0.4) is 0 Å². The van der Waals surface area contributed by atoms with Crippen molar-refractivity contribution in [2.24, 2.45) is 5.92 Å². The predicted molar refractivity (Wildman–Crippen MR) is 123 cm³/mol. The van der Waals surface area contributed by atoms with Gasteiger partial charge in [0.2, 0.25) is 0 Å². The Morgan fingerprint density at radius 2 is 1.48 bits per heavy atom. The molecule has 1 rings (SSSR count). The normalized spacial score (nSPS) is 12.8. The minimum Gasteiger partial charge on any atom is -0.466 e. The molecule has 0 aliphatic heterocycles. The van der Waals surface area contributed by atoms with Crippen molar-refractivity contribution in [1.29, 1.82) is 0 Å². The third kappa shape index (κ3) is 12.3. The van der Waals surface area contributed by atoms with E-state index >= 15 is 0 Å². The third-order valence-corrected chi connectivity index (χ3v) is 5.57. The summed E-state index contributed by atoms with van der Waals surface area (Å²) in [6.07, 6.45) is 8.65. The van der Waals surface area contributed by atoms with Crippen LogP contribution < -0.4 is 0 Å². The van der Waals surface area contributed by atoms with Crippen LogP contribution in [-0.4, -0.2) is 30.4 Å². The van der Waals surface area contributed by atoms with Crippen LogP contribution in [0.4, 0.5) is 0 Å². The SMILES string of the molecule is CCCCCC(CCCC(CCc1ccc(CC(=O)OCC)cc1)C(C)=O)OC(C)=O. The average Bonchev–Trinajstić information content (AvgIpc) is 2.71. The van der Waals surface area contributed by atoms with Crippen LogP contribution in [0.5, 0.6) is 0 Å².